The van der Waals surface area contributed by atoms with E-state index < -0.39 is 0 Å². The van der Waals surface area contributed by atoms with Crippen LogP contribution in [0.5, 0.6) is 0 Å². The lowest BCUT2D eigenvalue weighted by molar-refractivity contribution is 0.241. The van der Waals surface area contributed by atoms with Gasteiger partial charge in [0.2, 0.25) is 0 Å². The Morgan fingerprint density at radius 1 is 1.27 bits per heavy atom. The van der Waals surface area contributed by atoms with Crippen LogP contribution in [0.25, 0.3) is 11.5 Å². The number of nitrogens with one attached hydrogen (secondary N) is 2. The third kappa shape index (κ3) is 4.04. The number of hydrogen-bond acceptors (Lipinski definition) is 5. The Hall–Kier alpha value is -2.41. The second kappa shape index (κ2) is 7.07. The normalized spacial score (nSPS) is 19.1. The fourth-order valence-corrected chi connectivity index (χ4v) is 3.45. The van der Waals surface area contributed by atoms with E-state index in [1.54, 1.807) is 0 Å². The zero-order valence-electron chi connectivity index (χ0n) is 14.8. The number of amides is 2. The number of benzene rings is 1. The number of carbonyl (C=O) groups is 1. The summed E-state index contributed by atoms with van der Waals surface area (Å²) in [4.78, 5) is 16.7. The van der Waals surface area contributed by atoms with Crippen LogP contribution in [-0.4, -0.2) is 28.3 Å². The molecule has 7 heteroatoms. The first-order valence-electron chi connectivity index (χ1n) is 9.39. The predicted molar refractivity (Wildman–Crippen MR) is 98.7 cm³/mol. The fourth-order valence-electron chi connectivity index (χ4n) is 3.45. The summed E-state index contributed by atoms with van der Waals surface area (Å²) in [5.74, 6) is 1.71. The summed E-state index contributed by atoms with van der Waals surface area (Å²) in [5.41, 5.74) is 7.56. The molecule has 0 atom stereocenters. The molecule has 2 aliphatic carbocycles. The van der Waals surface area contributed by atoms with Gasteiger partial charge >= 0.3 is 6.03 Å². The van der Waals surface area contributed by atoms with E-state index >= 15 is 0 Å². The van der Waals surface area contributed by atoms with Gasteiger partial charge in [0.15, 0.2) is 5.82 Å². The second-order valence-corrected chi connectivity index (χ2v) is 7.54. The molecule has 2 fully saturated rings. The van der Waals surface area contributed by atoms with Crippen LogP contribution < -0.4 is 16.4 Å². The maximum atomic E-state index is 12.2. The Kier molecular flexibility index (Phi) is 4.63. The van der Waals surface area contributed by atoms with E-state index in [9.17, 15) is 4.79 Å². The molecule has 7 nitrogen and oxygen atoms in total. The summed E-state index contributed by atoms with van der Waals surface area (Å²) in [7, 11) is 0. The standard InChI is InChI=1S/C19H25N5O2/c20-19(9-2-1-3-10-19)12-21-18(25)22-15-6-4-5-14(11-15)17-23-16(24-26-17)13-7-8-13/h4-6,11,13H,1-3,7-10,12,20H2,(H2,21,22,25). The third-order valence-corrected chi connectivity index (χ3v) is 5.20. The van der Waals surface area contributed by atoms with Crippen LogP contribution in [-0.2, 0) is 0 Å². The fraction of sp³-hybridized carbons (Fsp3) is 0.526. The minimum Gasteiger partial charge on any atom is -0.336 e. The molecule has 4 N–H and O–H groups in total. The van der Waals surface area contributed by atoms with Crippen LogP contribution in [0.4, 0.5) is 10.5 Å². The van der Waals surface area contributed by atoms with Crippen molar-refractivity contribution in [1.82, 2.24) is 15.5 Å². The molecule has 2 saturated carbocycles. The summed E-state index contributed by atoms with van der Waals surface area (Å²) in [6, 6.07) is 7.17. The highest BCUT2D eigenvalue weighted by molar-refractivity contribution is 5.89. The van der Waals surface area contributed by atoms with Crippen molar-refractivity contribution in [3.05, 3.63) is 30.1 Å². The topological polar surface area (TPSA) is 106 Å². The van der Waals surface area contributed by atoms with Gasteiger partial charge in [-0.05, 0) is 43.9 Å². The number of carbonyl (C=O) groups excluding carboxylic acids is 1. The van der Waals surface area contributed by atoms with Gasteiger partial charge < -0.3 is 20.9 Å². The maximum absolute atomic E-state index is 12.2. The lowest BCUT2D eigenvalue weighted by atomic mass is 9.82. The summed E-state index contributed by atoms with van der Waals surface area (Å²) in [6.07, 6.45) is 7.68. The molecule has 4 rings (SSSR count). The van der Waals surface area contributed by atoms with Gasteiger partial charge in [-0.1, -0.05) is 30.5 Å². The number of urea groups is 1. The number of nitrogens with two attached hydrogens (primary N) is 1. The quantitative estimate of drug-likeness (QED) is 0.762. The second-order valence-electron chi connectivity index (χ2n) is 7.54. The zero-order chi connectivity index (χ0) is 18.0. The first kappa shape index (κ1) is 17.0. The molecule has 1 heterocycles. The summed E-state index contributed by atoms with van der Waals surface area (Å²) >= 11 is 0. The molecule has 0 aliphatic heterocycles. The monoisotopic (exact) mass is 355 g/mol. The molecule has 0 saturated heterocycles. The summed E-state index contributed by atoms with van der Waals surface area (Å²) in [5, 5.41) is 9.79. The van der Waals surface area contributed by atoms with Gasteiger partial charge in [-0.3, -0.25) is 0 Å². The van der Waals surface area contributed by atoms with Crippen LogP contribution in [0, 0.1) is 0 Å². The van der Waals surface area contributed by atoms with Crippen molar-refractivity contribution in [1.29, 1.82) is 0 Å². The molecule has 2 aromatic rings. The van der Waals surface area contributed by atoms with Gasteiger partial charge in [0.25, 0.3) is 5.89 Å². The van der Waals surface area contributed by atoms with Crippen molar-refractivity contribution in [2.45, 2.75) is 56.4 Å². The van der Waals surface area contributed by atoms with E-state index in [0.717, 1.165) is 49.9 Å². The van der Waals surface area contributed by atoms with Crippen molar-refractivity contribution in [3.8, 4) is 11.5 Å². The smallest absolute Gasteiger partial charge is 0.319 e. The average molecular weight is 355 g/mol. The number of aromatic nitrogens is 2. The Labute approximate surface area is 152 Å². The van der Waals surface area contributed by atoms with E-state index in [-0.39, 0.29) is 11.6 Å². The highest BCUT2D eigenvalue weighted by atomic mass is 16.5. The molecule has 26 heavy (non-hydrogen) atoms. The van der Waals surface area contributed by atoms with Crippen molar-refractivity contribution in [3.63, 3.8) is 0 Å². The SMILES string of the molecule is NC1(CNC(=O)Nc2cccc(-c3nc(C4CC4)no3)c2)CCCCC1. The molecule has 0 spiro atoms. The summed E-state index contributed by atoms with van der Waals surface area (Å²) < 4.78 is 5.35. The van der Waals surface area contributed by atoms with Gasteiger partial charge in [0, 0.05) is 29.3 Å². The predicted octanol–water partition coefficient (Wildman–Crippen LogP) is 3.40. The van der Waals surface area contributed by atoms with Crippen LogP contribution >= 0.6 is 0 Å². The highest BCUT2D eigenvalue weighted by Gasteiger charge is 2.29. The number of hydrogen-bond donors (Lipinski definition) is 3. The molecule has 2 aliphatic rings. The van der Waals surface area contributed by atoms with Crippen LogP contribution in [0.3, 0.4) is 0 Å². The third-order valence-electron chi connectivity index (χ3n) is 5.20. The first-order valence-corrected chi connectivity index (χ1v) is 9.39. The number of rotatable bonds is 5. The van der Waals surface area contributed by atoms with Gasteiger partial charge in [-0.25, -0.2) is 4.79 Å². The van der Waals surface area contributed by atoms with E-state index in [4.69, 9.17) is 10.3 Å². The lowest BCUT2D eigenvalue weighted by Gasteiger charge is -2.33. The summed E-state index contributed by atoms with van der Waals surface area (Å²) in [6.45, 7) is 0.493. The first-order chi connectivity index (χ1) is 12.6. The molecular weight excluding hydrogens is 330 g/mol. The van der Waals surface area contributed by atoms with Crippen LogP contribution in [0.2, 0.25) is 0 Å². The molecule has 0 unspecified atom stereocenters. The maximum Gasteiger partial charge on any atom is 0.319 e. The Morgan fingerprint density at radius 3 is 2.85 bits per heavy atom. The van der Waals surface area contributed by atoms with Crippen molar-refractivity contribution in [2.24, 2.45) is 5.73 Å². The largest absolute Gasteiger partial charge is 0.336 e. The number of anilines is 1. The molecule has 138 valence electrons. The minimum atomic E-state index is -0.277. The van der Waals surface area contributed by atoms with Gasteiger partial charge in [-0.15, -0.1) is 0 Å². The zero-order valence-corrected chi connectivity index (χ0v) is 14.8. The molecule has 1 aromatic heterocycles. The molecule has 1 aromatic carbocycles. The van der Waals surface area contributed by atoms with Gasteiger partial charge in [0.05, 0.1) is 0 Å². The van der Waals surface area contributed by atoms with Crippen LogP contribution in [0.15, 0.2) is 28.8 Å². The van der Waals surface area contributed by atoms with Crippen molar-refractivity contribution >= 4 is 11.7 Å². The Bertz CT molecular complexity index is 778. The molecular formula is C19H25N5O2. The highest BCUT2D eigenvalue weighted by Crippen LogP contribution is 2.39. The number of nitrogens with zero attached hydrogens (tertiary/aromatic N) is 2. The Morgan fingerprint density at radius 2 is 2.08 bits per heavy atom. The average Bonchev–Trinajstić information content (AvgIpc) is 3.38. The van der Waals surface area contributed by atoms with Crippen LogP contribution in [0.1, 0.15) is 56.7 Å². The molecule has 0 radical (unpaired) electrons. The van der Waals surface area contributed by atoms with Crippen molar-refractivity contribution < 1.29 is 9.32 Å². The molecule has 2 amide bonds. The van der Waals surface area contributed by atoms with E-state index in [1.165, 1.54) is 6.42 Å². The molecule has 0 bridgehead atoms. The van der Waals surface area contributed by atoms with Gasteiger partial charge in [-0.2, -0.15) is 4.98 Å². The van der Waals surface area contributed by atoms with E-state index in [2.05, 4.69) is 20.8 Å². The van der Waals surface area contributed by atoms with E-state index in [1.807, 2.05) is 24.3 Å². The van der Waals surface area contributed by atoms with E-state index in [0.29, 0.717) is 24.0 Å². The lowest BCUT2D eigenvalue weighted by Crippen LogP contribution is -2.52. The Balaban J connectivity index is 1.36. The van der Waals surface area contributed by atoms with Gasteiger partial charge in [0.1, 0.15) is 0 Å². The van der Waals surface area contributed by atoms with Crippen molar-refractivity contribution in [2.75, 3.05) is 11.9 Å². The minimum absolute atomic E-state index is 0.248.